The van der Waals surface area contributed by atoms with Crippen LogP contribution in [0.2, 0.25) is 0 Å². The average molecular weight is 416 g/mol. The third-order valence-corrected chi connectivity index (χ3v) is 5.13. The number of benzene rings is 3. The average Bonchev–Trinajstić information content (AvgIpc) is 3.01. The van der Waals surface area contributed by atoms with Crippen molar-refractivity contribution in [2.45, 2.75) is 6.92 Å². The summed E-state index contributed by atoms with van der Waals surface area (Å²) in [6.07, 6.45) is 3.92. The molecule has 0 saturated heterocycles. The molecule has 1 aliphatic heterocycles. The number of para-hydroxylation sites is 1. The summed E-state index contributed by atoms with van der Waals surface area (Å²) in [7, 11) is 0. The van der Waals surface area contributed by atoms with Crippen molar-refractivity contribution in [1.29, 1.82) is 0 Å². The second-order valence-corrected chi connectivity index (χ2v) is 7.39. The van der Waals surface area contributed by atoms with E-state index < -0.39 is 0 Å². The van der Waals surface area contributed by atoms with Gasteiger partial charge in [-0.25, -0.2) is 0 Å². The van der Waals surface area contributed by atoms with Crippen LogP contribution in [-0.2, 0) is 4.79 Å². The molecule has 0 N–H and O–H groups in total. The van der Waals surface area contributed by atoms with Crippen molar-refractivity contribution >= 4 is 39.3 Å². The van der Waals surface area contributed by atoms with E-state index in [-0.39, 0.29) is 5.91 Å². The van der Waals surface area contributed by atoms with Crippen molar-refractivity contribution in [3.8, 4) is 0 Å². The lowest BCUT2D eigenvalue weighted by Gasteiger charge is -2.22. The number of aryl methyl sites for hydroxylation is 1. The molecule has 0 unspecified atom stereocenters. The predicted octanol–water partition coefficient (Wildman–Crippen LogP) is 6.23. The van der Waals surface area contributed by atoms with Crippen molar-refractivity contribution in [3.05, 3.63) is 112 Å². The Morgan fingerprint density at radius 1 is 0.852 bits per heavy atom. The van der Waals surface area contributed by atoms with Crippen LogP contribution in [0.4, 0.5) is 5.69 Å². The molecule has 0 radical (unpaired) electrons. The Bertz CT molecular complexity index is 1050. The van der Waals surface area contributed by atoms with Gasteiger partial charge in [0.25, 0.3) is 5.91 Å². The summed E-state index contributed by atoms with van der Waals surface area (Å²) in [5.41, 5.74) is 5.58. The minimum absolute atomic E-state index is 0.00827. The third kappa shape index (κ3) is 3.51. The fourth-order valence-electron chi connectivity index (χ4n) is 3.23. The molecule has 3 aromatic rings. The SMILES string of the molecule is Cc1ccccc1N1C(=O)/C(=C/c2ccc(Br)cc2)C=C1c1ccccc1. The Balaban J connectivity index is 1.84. The minimum Gasteiger partial charge on any atom is -0.276 e. The molecule has 1 heterocycles. The van der Waals surface area contributed by atoms with E-state index in [0.717, 1.165) is 32.5 Å². The molecule has 0 atom stereocenters. The van der Waals surface area contributed by atoms with Gasteiger partial charge in [0.2, 0.25) is 0 Å². The summed E-state index contributed by atoms with van der Waals surface area (Å²) in [5.74, 6) is -0.00827. The first kappa shape index (κ1) is 17.5. The molecule has 2 nitrogen and oxygen atoms in total. The number of amides is 1. The van der Waals surface area contributed by atoms with E-state index in [4.69, 9.17) is 0 Å². The molecule has 1 aliphatic rings. The molecule has 0 aromatic heterocycles. The second kappa shape index (κ2) is 7.37. The summed E-state index contributed by atoms with van der Waals surface area (Å²) in [5, 5.41) is 0. The van der Waals surface area contributed by atoms with Crippen LogP contribution in [0.15, 0.2) is 95.0 Å². The Hall–Kier alpha value is -2.91. The molecule has 4 rings (SSSR count). The van der Waals surface area contributed by atoms with E-state index >= 15 is 0 Å². The lowest BCUT2D eigenvalue weighted by Crippen LogP contribution is -2.25. The van der Waals surface area contributed by atoms with Gasteiger partial charge in [0, 0.05) is 10.0 Å². The van der Waals surface area contributed by atoms with Gasteiger partial charge in [-0.15, -0.1) is 0 Å². The summed E-state index contributed by atoms with van der Waals surface area (Å²) >= 11 is 3.45. The maximum atomic E-state index is 13.3. The van der Waals surface area contributed by atoms with Crippen LogP contribution >= 0.6 is 15.9 Å². The molecule has 0 fully saturated rings. The van der Waals surface area contributed by atoms with Crippen LogP contribution < -0.4 is 4.90 Å². The largest absolute Gasteiger partial charge is 0.276 e. The molecule has 3 heteroatoms. The molecular formula is C24H18BrNO. The lowest BCUT2D eigenvalue weighted by molar-refractivity contribution is -0.113. The van der Waals surface area contributed by atoms with Gasteiger partial charge < -0.3 is 0 Å². The first-order valence-electron chi connectivity index (χ1n) is 8.78. The highest BCUT2D eigenvalue weighted by atomic mass is 79.9. The summed E-state index contributed by atoms with van der Waals surface area (Å²) < 4.78 is 1.02. The second-order valence-electron chi connectivity index (χ2n) is 6.47. The zero-order chi connectivity index (χ0) is 18.8. The van der Waals surface area contributed by atoms with Crippen molar-refractivity contribution < 1.29 is 4.79 Å². The van der Waals surface area contributed by atoms with Crippen molar-refractivity contribution in [2.75, 3.05) is 4.90 Å². The summed E-state index contributed by atoms with van der Waals surface area (Å²) in [4.78, 5) is 15.1. The topological polar surface area (TPSA) is 20.3 Å². The third-order valence-electron chi connectivity index (χ3n) is 4.60. The number of nitrogens with zero attached hydrogens (tertiary/aromatic N) is 1. The Morgan fingerprint density at radius 3 is 2.22 bits per heavy atom. The fraction of sp³-hybridized carbons (Fsp3) is 0.0417. The highest BCUT2D eigenvalue weighted by Crippen LogP contribution is 2.36. The maximum Gasteiger partial charge on any atom is 0.262 e. The van der Waals surface area contributed by atoms with Crippen LogP contribution in [0.5, 0.6) is 0 Å². The summed E-state index contributed by atoms with van der Waals surface area (Å²) in [6.45, 7) is 2.03. The molecule has 0 spiro atoms. The zero-order valence-corrected chi connectivity index (χ0v) is 16.5. The van der Waals surface area contributed by atoms with E-state index in [1.165, 1.54) is 0 Å². The highest BCUT2D eigenvalue weighted by molar-refractivity contribution is 9.10. The number of hydrogen-bond acceptors (Lipinski definition) is 1. The standard InChI is InChI=1S/C24H18BrNO/c1-17-7-5-6-10-22(17)26-23(19-8-3-2-4-9-19)16-20(24(26)27)15-18-11-13-21(25)14-12-18/h2-16H,1H3/b20-15+. The van der Waals surface area contributed by atoms with Gasteiger partial charge in [-0.05, 0) is 54.0 Å². The highest BCUT2D eigenvalue weighted by Gasteiger charge is 2.31. The van der Waals surface area contributed by atoms with Gasteiger partial charge >= 0.3 is 0 Å². The van der Waals surface area contributed by atoms with Crippen molar-refractivity contribution in [3.63, 3.8) is 0 Å². The number of halogens is 1. The quantitative estimate of drug-likeness (QED) is 0.464. The molecule has 0 aliphatic carbocycles. The number of rotatable bonds is 3. The van der Waals surface area contributed by atoms with E-state index in [9.17, 15) is 4.79 Å². The van der Waals surface area contributed by atoms with Crippen LogP contribution in [0, 0.1) is 6.92 Å². The fourth-order valence-corrected chi connectivity index (χ4v) is 3.49. The number of carbonyl (C=O) groups is 1. The number of carbonyl (C=O) groups excluding carboxylic acids is 1. The summed E-state index contributed by atoms with van der Waals surface area (Å²) in [6, 6.07) is 26.0. The molecule has 1 amide bonds. The van der Waals surface area contributed by atoms with E-state index in [0.29, 0.717) is 5.57 Å². The molecule has 0 saturated carbocycles. The van der Waals surface area contributed by atoms with Crippen molar-refractivity contribution in [1.82, 2.24) is 0 Å². The van der Waals surface area contributed by atoms with Crippen LogP contribution in [0.1, 0.15) is 16.7 Å². The van der Waals surface area contributed by atoms with E-state index in [1.807, 2.05) is 103 Å². The van der Waals surface area contributed by atoms with Crippen LogP contribution in [0.3, 0.4) is 0 Å². The molecule has 3 aromatic carbocycles. The number of hydrogen-bond donors (Lipinski definition) is 0. The van der Waals surface area contributed by atoms with E-state index in [2.05, 4.69) is 15.9 Å². The van der Waals surface area contributed by atoms with Gasteiger partial charge in [-0.2, -0.15) is 0 Å². The van der Waals surface area contributed by atoms with Crippen molar-refractivity contribution in [2.24, 2.45) is 0 Å². The van der Waals surface area contributed by atoms with Crippen LogP contribution in [-0.4, -0.2) is 5.91 Å². The van der Waals surface area contributed by atoms with Crippen LogP contribution in [0.25, 0.3) is 11.8 Å². The predicted molar refractivity (Wildman–Crippen MR) is 115 cm³/mol. The smallest absolute Gasteiger partial charge is 0.262 e. The van der Waals surface area contributed by atoms with Gasteiger partial charge in [-0.1, -0.05) is 76.6 Å². The van der Waals surface area contributed by atoms with Gasteiger partial charge in [0.05, 0.1) is 11.4 Å². The maximum absolute atomic E-state index is 13.3. The number of anilines is 1. The zero-order valence-electron chi connectivity index (χ0n) is 14.9. The minimum atomic E-state index is -0.00827. The normalized spacial score (nSPS) is 15.3. The monoisotopic (exact) mass is 415 g/mol. The first-order valence-corrected chi connectivity index (χ1v) is 9.57. The first-order chi connectivity index (χ1) is 13.1. The Labute approximate surface area is 167 Å². The Kier molecular flexibility index (Phi) is 4.78. The van der Waals surface area contributed by atoms with Gasteiger partial charge in [0.1, 0.15) is 0 Å². The Morgan fingerprint density at radius 2 is 1.52 bits per heavy atom. The van der Waals surface area contributed by atoms with Gasteiger partial charge in [-0.3, -0.25) is 9.69 Å². The van der Waals surface area contributed by atoms with Gasteiger partial charge in [0.15, 0.2) is 0 Å². The molecule has 132 valence electrons. The molecule has 27 heavy (non-hydrogen) atoms. The molecule has 0 bridgehead atoms. The molecular weight excluding hydrogens is 398 g/mol. The van der Waals surface area contributed by atoms with E-state index in [1.54, 1.807) is 0 Å². The lowest BCUT2D eigenvalue weighted by atomic mass is 10.1.